The maximum absolute atomic E-state index is 6.00. The molecule has 2 N–H and O–H groups in total. The summed E-state index contributed by atoms with van der Waals surface area (Å²) in [5, 5.41) is 3.11. The molecule has 3 rings (SSSR count). The van der Waals surface area contributed by atoms with Gasteiger partial charge in [0.05, 0.1) is 22.1 Å². The molecule has 3 nitrogen and oxygen atoms in total. The third-order valence-corrected chi connectivity index (χ3v) is 3.93. The van der Waals surface area contributed by atoms with E-state index < -0.39 is 0 Å². The molecule has 100 valence electrons. The minimum atomic E-state index is 0.684. The van der Waals surface area contributed by atoms with Gasteiger partial charge in [-0.1, -0.05) is 30.3 Å². The highest BCUT2D eigenvalue weighted by Crippen LogP contribution is 2.24. The van der Waals surface area contributed by atoms with E-state index in [1.165, 1.54) is 0 Å². The number of hydrogen-bond acceptors (Lipinski definition) is 4. The van der Waals surface area contributed by atoms with Crippen LogP contribution in [0.15, 0.2) is 48.0 Å². The first-order valence-electron chi connectivity index (χ1n) is 6.43. The lowest BCUT2D eigenvalue weighted by Crippen LogP contribution is -1.99. The van der Waals surface area contributed by atoms with E-state index in [1.54, 1.807) is 11.3 Å². The zero-order valence-electron chi connectivity index (χ0n) is 11.2. The molecule has 0 amide bonds. The summed E-state index contributed by atoms with van der Waals surface area (Å²) in [6, 6.07) is 12.1. The van der Waals surface area contributed by atoms with E-state index in [0.29, 0.717) is 6.42 Å². The first kappa shape index (κ1) is 12.8. The van der Waals surface area contributed by atoms with E-state index in [0.717, 1.165) is 33.2 Å². The Hall–Kier alpha value is -2.20. The number of thiazole rings is 1. The lowest BCUT2D eigenvalue weighted by Gasteiger charge is -2.03. The summed E-state index contributed by atoms with van der Waals surface area (Å²) < 4.78 is 0. The van der Waals surface area contributed by atoms with Gasteiger partial charge in [-0.05, 0) is 18.6 Å². The van der Waals surface area contributed by atoms with Crippen LogP contribution < -0.4 is 5.73 Å². The maximum Gasteiger partial charge on any atom is 0.0993 e. The second kappa shape index (κ2) is 5.43. The summed E-state index contributed by atoms with van der Waals surface area (Å²) >= 11 is 1.65. The van der Waals surface area contributed by atoms with E-state index in [4.69, 9.17) is 5.73 Å². The summed E-state index contributed by atoms with van der Waals surface area (Å²) in [5.74, 6) is 0. The van der Waals surface area contributed by atoms with Crippen LogP contribution in [0.25, 0.3) is 11.3 Å². The number of nitrogens with zero attached hydrogens (tertiary/aromatic N) is 2. The zero-order valence-corrected chi connectivity index (χ0v) is 12.0. The molecular formula is C16H15N3S. The Labute approximate surface area is 122 Å². The number of nitrogens with two attached hydrogens (primary N) is 1. The van der Waals surface area contributed by atoms with Crippen LogP contribution in [0.5, 0.6) is 0 Å². The Bertz CT molecular complexity index is 720. The smallest absolute Gasteiger partial charge is 0.0993 e. The zero-order chi connectivity index (χ0) is 13.9. The summed E-state index contributed by atoms with van der Waals surface area (Å²) in [6.45, 7) is 1.99. The minimum absolute atomic E-state index is 0.684. The summed E-state index contributed by atoms with van der Waals surface area (Å²) in [6.07, 6.45) is 2.53. The number of aryl methyl sites for hydroxylation is 1. The number of benzene rings is 1. The molecule has 0 bridgehead atoms. The lowest BCUT2D eigenvalue weighted by molar-refractivity contribution is 1.05. The molecule has 0 aliphatic carbocycles. The van der Waals surface area contributed by atoms with Crippen LogP contribution in [0.3, 0.4) is 0 Å². The van der Waals surface area contributed by atoms with E-state index >= 15 is 0 Å². The average Bonchev–Trinajstić information content (AvgIpc) is 2.92. The van der Waals surface area contributed by atoms with Gasteiger partial charge >= 0.3 is 0 Å². The van der Waals surface area contributed by atoms with Crippen LogP contribution in [-0.2, 0) is 6.42 Å². The molecular weight excluding hydrogens is 266 g/mol. The van der Waals surface area contributed by atoms with E-state index in [1.807, 2.05) is 37.4 Å². The number of pyridine rings is 1. The molecule has 2 aromatic heterocycles. The van der Waals surface area contributed by atoms with Crippen LogP contribution >= 0.6 is 11.3 Å². The average molecular weight is 281 g/mol. The Morgan fingerprint density at radius 3 is 2.75 bits per heavy atom. The molecule has 1 aromatic carbocycles. The second-order valence-electron chi connectivity index (χ2n) is 4.72. The predicted molar refractivity (Wildman–Crippen MR) is 83.7 cm³/mol. The van der Waals surface area contributed by atoms with Gasteiger partial charge in [-0.3, -0.25) is 4.98 Å². The quantitative estimate of drug-likeness (QED) is 0.796. The van der Waals surface area contributed by atoms with Crippen molar-refractivity contribution in [3.63, 3.8) is 0 Å². The van der Waals surface area contributed by atoms with Crippen molar-refractivity contribution in [1.82, 2.24) is 9.97 Å². The van der Waals surface area contributed by atoms with Gasteiger partial charge in [-0.25, -0.2) is 4.98 Å². The van der Waals surface area contributed by atoms with Crippen molar-refractivity contribution < 1.29 is 0 Å². The van der Waals surface area contributed by atoms with Crippen LogP contribution in [0.1, 0.15) is 16.3 Å². The molecule has 3 aromatic rings. The van der Waals surface area contributed by atoms with Gasteiger partial charge in [0.15, 0.2) is 0 Å². The van der Waals surface area contributed by atoms with Crippen LogP contribution in [-0.4, -0.2) is 9.97 Å². The molecule has 0 aliphatic rings. The van der Waals surface area contributed by atoms with Gasteiger partial charge in [-0.15, -0.1) is 11.3 Å². The number of anilines is 1. The highest BCUT2D eigenvalue weighted by atomic mass is 32.1. The van der Waals surface area contributed by atoms with Crippen molar-refractivity contribution in [2.24, 2.45) is 0 Å². The minimum Gasteiger partial charge on any atom is -0.397 e. The van der Waals surface area contributed by atoms with E-state index in [9.17, 15) is 0 Å². The Balaban J connectivity index is 1.84. The fourth-order valence-electron chi connectivity index (χ4n) is 2.04. The fourth-order valence-corrected chi connectivity index (χ4v) is 2.85. The van der Waals surface area contributed by atoms with Crippen LogP contribution in [0.2, 0.25) is 0 Å². The molecule has 4 heteroatoms. The SMILES string of the molecule is Cc1cnc(Cc2nc(-c3ccccc3)cs2)c(N)c1. The molecule has 0 fully saturated rings. The van der Waals surface area contributed by atoms with Crippen LogP contribution in [0.4, 0.5) is 5.69 Å². The number of nitrogen functional groups attached to an aromatic ring is 1. The maximum atomic E-state index is 6.00. The number of aromatic nitrogens is 2. The first-order valence-corrected chi connectivity index (χ1v) is 7.31. The van der Waals surface area contributed by atoms with E-state index in [2.05, 4.69) is 27.5 Å². The van der Waals surface area contributed by atoms with Gasteiger partial charge in [-0.2, -0.15) is 0 Å². The number of rotatable bonds is 3. The third-order valence-electron chi connectivity index (χ3n) is 3.08. The molecule has 0 spiro atoms. The van der Waals surface area contributed by atoms with E-state index in [-0.39, 0.29) is 0 Å². The summed E-state index contributed by atoms with van der Waals surface area (Å²) in [4.78, 5) is 9.06. The Morgan fingerprint density at radius 2 is 2.00 bits per heavy atom. The molecule has 0 atom stereocenters. The molecule has 20 heavy (non-hydrogen) atoms. The number of hydrogen-bond donors (Lipinski definition) is 1. The molecule has 0 saturated heterocycles. The molecule has 0 saturated carbocycles. The lowest BCUT2D eigenvalue weighted by atomic mass is 10.2. The van der Waals surface area contributed by atoms with Gasteiger partial charge in [0, 0.05) is 23.6 Å². The van der Waals surface area contributed by atoms with Gasteiger partial charge in [0.25, 0.3) is 0 Å². The topological polar surface area (TPSA) is 51.8 Å². The van der Waals surface area contributed by atoms with Gasteiger partial charge < -0.3 is 5.73 Å². The monoisotopic (exact) mass is 281 g/mol. The van der Waals surface area contributed by atoms with Crippen molar-refractivity contribution in [2.45, 2.75) is 13.3 Å². The van der Waals surface area contributed by atoms with Gasteiger partial charge in [0.1, 0.15) is 0 Å². The van der Waals surface area contributed by atoms with Crippen LogP contribution in [0, 0.1) is 6.92 Å². The Kier molecular flexibility index (Phi) is 3.48. The normalized spacial score (nSPS) is 10.7. The molecule has 0 radical (unpaired) electrons. The highest BCUT2D eigenvalue weighted by Gasteiger charge is 2.08. The fraction of sp³-hybridized carbons (Fsp3) is 0.125. The molecule has 0 unspecified atom stereocenters. The van der Waals surface area contributed by atoms with Crippen molar-refractivity contribution in [2.75, 3.05) is 5.73 Å². The second-order valence-corrected chi connectivity index (χ2v) is 5.66. The molecule has 0 aliphatic heterocycles. The van der Waals surface area contributed by atoms with Crippen molar-refractivity contribution in [3.8, 4) is 11.3 Å². The third kappa shape index (κ3) is 2.70. The largest absolute Gasteiger partial charge is 0.397 e. The first-order chi connectivity index (χ1) is 9.72. The van der Waals surface area contributed by atoms with Crippen molar-refractivity contribution in [3.05, 3.63) is 64.2 Å². The van der Waals surface area contributed by atoms with Crippen molar-refractivity contribution in [1.29, 1.82) is 0 Å². The predicted octanol–water partition coefficient (Wildman–Crippen LogP) is 3.69. The highest BCUT2D eigenvalue weighted by molar-refractivity contribution is 7.10. The summed E-state index contributed by atoms with van der Waals surface area (Å²) in [5.41, 5.74) is 10.9. The standard InChI is InChI=1S/C16H15N3S/c1-11-7-13(17)14(18-9-11)8-16-19-15(10-20-16)12-5-3-2-4-6-12/h2-7,9-10H,8,17H2,1H3. The molecule has 2 heterocycles. The van der Waals surface area contributed by atoms with Crippen molar-refractivity contribution >= 4 is 17.0 Å². The Morgan fingerprint density at radius 1 is 1.20 bits per heavy atom. The summed E-state index contributed by atoms with van der Waals surface area (Å²) in [7, 11) is 0. The van der Waals surface area contributed by atoms with Gasteiger partial charge in [0.2, 0.25) is 0 Å².